The average molecular weight is 281 g/mol. The molecule has 0 bridgehead atoms. The van der Waals surface area contributed by atoms with E-state index in [4.69, 9.17) is 9.47 Å². The predicted molar refractivity (Wildman–Crippen MR) is 69.3 cm³/mol. The second kappa shape index (κ2) is 5.64. The van der Waals surface area contributed by atoms with E-state index >= 15 is 0 Å². The Hall–Kier alpha value is -1.85. The molecule has 2 rings (SSSR count). The number of piperidine rings is 1. The SMILES string of the molecule is CCOC(=O)C1(C(=O)OCC)CCC(=O)N2CCC=C21. The van der Waals surface area contributed by atoms with Crippen molar-refractivity contribution in [1.29, 1.82) is 0 Å². The highest BCUT2D eigenvalue weighted by Crippen LogP contribution is 2.44. The molecule has 0 N–H and O–H groups in total. The van der Waals surface area contributed by atoms with Crippen LogP contribution in [0.2, 0.25) is 0 Å². The minimum atomic E-state index is -1.48. The van der Waals surface area contributed by atoms with Crippen molar-refractivity contribution in [1.82, 2.24) is 4.90 Å². The van der Waals surface area contributed by atoms with Crippen LogP contribution in [0.4, 0.5) is 0 Å². The summed E-state index contributed by atoms with van der Waals surface area (Å²) >= 11 is 0. The van der Waals surface area contributed by atoms with Gasteiger partial charge in [-0.15, -0.1) is 0 Å². The van der Waals surface area contributed by atoms with Crippen LogP contribution in [0.1, 0.15) is 33.1 Å². The van der Waals surface area contributed by atoms with Gasteiger partial charge in [0.1, 0.15) is 0 Å². The van der Waals surface area contributed by atoms with Crippen molar-refractivity contribution in [2.45, 2.75) is 33.1 Å². The highest BCUT2D eigenvalue weighted by molar-refractivity contribution is 6.06. The summed E-state index contributed by atoms with van der Waals surface area (Å²) in [5.41, 5.74) is -1.04. The molecule has 0 aliphatic carbocycles. The topological polar surface area (TPSA) is 72.9 Å². The van der Waals surface area contributed by atoms with E-state index in [9.17, 15) is 14.4 Å². The zero-order valence-corrected chi connectivity index (χ0v) is 11.8. The number of fused-ring (bicyclic) bond motifs is 1. The van der Waals surface area contributed by atoms with Crippen molar-refractivity contribution in [3.8, 4) is 0 Å². The first-order chi connectivity index (χ1) is 9.57. The number of carbonyl (C=O) groups is 3. The molecule has 6 nitrogen and oxygen atoms in total. The monoisotopic (exact) mass is 281 g/mol. The largest absolute Gasteiger partial charge is 0.465 e. The lowest BCUT2D eigenvalue weighted by molar-refractivity contribution is -0.172. The molecule has 110 valence electrons. The predicted octanol–water partition coefficient (Wildman–Crippen LogP) is 1.01. The van der Waals surface area contributed by atoms with Gasteiger partial charge >= 0.3 is 11.9 Å². The van der Waals surface area contributed by atoms with Crippen LogP contribution in [-0.4, -0.2) is 42.5 Å². The van der Waals surface area contributed by atoms with Crippen molar-refractivity contribution in [3.63, 3.8) is 0 Å². The first-order valence-electron chi connectivity index (χ1n) is 6.93. The standard InChI is InChI=1S/C14H19NO5/c1-3-19-12(17)14(13(18)20-4-2)8-7-11(16)15-9-5-6-10(14)15/h6H,3-5,7-9H2,1-2H3. The van der Waals surface area contributed by atoms with E-state index in [1.807, 2.05) is 0 Å². The molecule has 1 saturated heterocycles. The summed E-state index contributed by atoms with van der Waals surface area (Å²) in [6.45, 7) is 4.24. The molecule has 0 aromatic heterocycles. The second-order valence-corrected chi connectivity index (χ2v) is 4.77. The summed E-state index contributed by atoms with van der Waals surface area (Å²) in [5, 5.41) is 0. The first-order valence-corrected chi connectivity index (χ1v) is 6.93. The minimum absolute atomic E-state index is 0.0574. The molecule has 0 spiro atoms. The average Bonchev–Trinajstić information content (AvgIpc) is 2.90. The molecule has 0 radical (unpaired) electrons. The molecule has 0 saturated carbocycles. The van der Waals surface area contributed by atoms with Gasteiger partial charge in [-0.2, -0.15) is 0 Å². The van der Waals surface area contributed by atoms with E-state index in [2.05, 4.69) is 0 Å². The van der Waals surface area contributed by atoms with Crippen LogP contribution in [0.5, 0.6) is 0 Å². The Morgan fingerprint density at radius 3 is 2.40 bits per heavy atom. The van der Waals surface area contributed by atoms with Crippen molar-refractivity contribution in [2.24, 2.45) is 5.41 Å². The number of hydrogen-bond acceptors (Lipinski definition) is 5. The van der Waals surface area contributed by atoms with Crippen molar-refractivity contribution >= 4 is 17.8 Å². The number of hydrogen-bond donors (Lipinski definition) is 0. The molecule has 2 aliphatic heterocycles. The highest BCUT2D eigenvalue weighted by Gasteiger charge is 2.57. The molecule has 6 heteroatoms. The molecule has 1 amide bonds. The van der Waals surface area contributed by atoms with Gasteiger partial charge in [0.05, 0.1) is 13.2 Å². The van der Waals surface area contributed by atoms with Gasteiger partial charge in [0, 0.05) is 18.7 Å². The Balaban J connectivity index is 2.43. The Labute approximate surface area is 117 Å². The third-order valence-electron chi connectivity index (χ3n) is 3.68. The smallest absolute Gasteiger partial charge is 0.329 e. The van der Waals surface area contributed by atoms with Crippen molar-refractivity contribution < 1.29 is 23.9 Å². The number of amides is 1. The summed E-state index contributed by atoms with van der Waals surface area (Å²) in [7, 11) is 0. The summed E-state index contributed by atoms with van der Waals surface area (Å²) in [4.78, 5) is 38.2. The molecular weight excluding hydrogens is 262 g/mol. The number of carbonyl (C=O) groups excluding carboxylic acids is 3. The maximum absolute atomic E-state index is 12.4. The molecule has 0 atom stereocenters. The number of rotatable bonds is 4. The van der Waals surface area contributed by atoms with E-state index in [1.165, 1.54) is 4.90 Å². The van der Waals surface area contributed by atoms with Crippen LogP contribution < -0.4 is 0 Å². The molecule has 0 unspecified atom stereocenters. The fourth-order valence-corrected chi connectivity index (χ4v) is 2.79. The second-order valence-electron chi connectivity index (χ2n) is 4.77. The van der Waals surface area contributed by atoms with Gasteiger partial charge in [-0.25, -0.2) is 0 Å². The summed E-state index contributed by atoms with van der Waals surface area (Å²) in [6.07, 6.45) is 2.67. The Kier molecular flexibility index (Phi) is 4.11. The molecule has 0 aromatic carbocycles. The third kappa shape index (κ3) is 2.09. The Morgan fingerprint density at radius 1 is 1.25 bits per heavy atom. The fraction of sp³-hybridized carbons (Fsp3) is 0.643. The normalized spacial score (nSPS) is 20.2. The highest BCUT2D eigenvalue weighted by atomic mass is 16.6. The zero-order chi connectivity index (χ0) is 14.8. The summed E-state index contributed by atoms with van der Waals surface area (Å²) in [5.74, 6) is -1.30. The van der Waals surface area contributed by atoms with Crippen LogP contribution in [-0.2, 0) is 23.9 Å². The van der Waals surface area contributed by atoms with Crippen molar-refractivity contribution in [2.75, 3.05) is 19.8 Å². The van der Waals surface area contributed by atoms with Crippen LogP contribution in [0.15, 0.2) is 11.8 Å². The molecule has 2 aliphatic rings. The zero-order valence-electron chi connectivity index (χ0n) is 11.8. The lowest BCUT2D eigenvalue weighted by Crippen LogP contribution is -2.52. The van der Waals surface area contributed by atoms with Gasteiger partial charge in [-0.05, 0) is 26.7 Å². The molecular formula is C14H19NO5. The van der Waals surface area contributed by atoms with Gasteiger partial charge in [0.25, 0.3) is 0 Å². The van der Waals surface area contributed by atoms with E-state index in [0.717, 1.165) is 0 Å². The van der Waals surface area contributed by atoms with Gasteiger partial charge in [-0.1, -0.05) is 6.08 Å². The number of nitrogens with zero attached hydrogens (tertiary/aromatic N) is 1. The number of esters is 2. The van der Waals surface area contributed by atoms with Crippen LogP contribution in [0.25, 0.3) is 0 Å². The van der Waals surface area contributed by atoms with Gasteiger partial charge in [0.15, 0.2) is 0 Å². The van der Waals surface area contributed by atoms with E-state index < -0.39 is 17.4 Å². The van der Waals surface area contributed by atoms with E-state index in [-0.39, 0.29) is 32.0 Å². The molecule has 2 heterocycles. The third-order valence-corrected chi connectivity index (χ3v) is 3.68. The van der Waals surface area contributed by atoms with Gasteiger partial charge in [-0.3, -0.25) is 14.4 Å². The fourth-order valence-electron chi connectivity index (χ4n) is 2.79. The molecule has 1 fully saturated rings. The van der Waals surface area contributed by atoms with Crippen molar-refractivity contribution in [3.05, 3.63) is 11.8 Å². The minimum Gasteiger partial charge on any atom is -0.465 e. The van der Waals surface area contributed by atoms with E-state index in [1.54, 1.807) is 19.9 Å². The Morgan fingerprint density at radius 2 is 1.85 bits per heavy atom. The van der Waals surface area contributed by atoms with E-state index in [0.29, 0.717) is 18.7 Å². The Bertz CT molecular complexity index is 450. The quantitative estimate of drug-likeness (QED) is 0.568. The lowest BCUT2D eigenvalue weighted by atomic mass is 9.76. The van der Waals surface area contributed by atoms with Crippen LogP contribution in [0, 0.1) is 5.41 Å². The number of ether oxygens (including phenoxy) is 2. The first kappa shape index (κ1) is 14.6. The molecule has 0 aromatic rings. The van der Waals surface area contributed by atoms with Crippen LogP contribution in [0.3, 0.4) is 0 Å². The van der Waals surface area contributed by atoms with Gasteiger partial charge in [0.2, 0.25) is 11.3 Å². The van der Waals surface area contributed by atoms with Crippen LogP contribution >= 0.6 is 0 Å². The van der Waals surface area contributed by atoms with Gasteiger partial charge < -0.3 is 14.4 Å². The molecule has 20 heavy (non-hydrogen) atoms. The maximum atomic E-state index is 12.4. The maximum Gasteiger partial charge on any atom is 0.329 e. The summed E-state index contributed by atoms with van der Waals surface area (Å²) in [6, 6.07) is 0. The summed E-state index contributed by atoms with van der Waals surface area (Å²) < 4.78 is 10.2. The lowest BCUT2D eigenvalue weighted by Gasteiger charge is -2.38.